The van der Waals surface area contributed by atoms with E-state index in [1.54, 1.807) is 31.3 Å². The van der Waals surface area contributed by atoms with Gasteiger partial charge in [-0.05, 0) is 61.1 Å². The minimum Gasteiger partial charge on any atom is -0.376 e. The molecular formula is C30H29F3N4O3. The minimum atomic E-state index is -4.51. The molecule has 2 aromatic carbocycles. The lowest BCUT2D eigenvalue weighted by Crippen LogP contribution is -2.62. The quantitative estimate of drug-likeness (QED) is 0.458. The van der Waals surface area contributed by atoms with Gasteiger partial charge in [0.2, 0.25) is 5.91 Å². The van der Waals surface area contributed by atoms with E-state index in [1.807, 2.05) is 42.5 Å². The van der Waals surface area contributed by atoms with E-state index in [4.69, 9.17) is 0 Å². The van der Waals surface area contributed by atoms with Gasteiger partial charge in [-0.25, -0.2) is 4.98 Å². The van der Waals surface area contributed by atoms with Crippen LogP contribution >= 0.6 is 0 Å². The zero-order chi connectivity index (χ0) is 28.2. The molecule has 2 aliphatic heterocycles. The van der Waals surface area contributed by atoms with Crippen molar-refractivity contribution >= 4 is 17.6 Å². The summed E-state index contributed by atoms with van der Waals surface area (Å²) in [5.74, 6) is -0.388. The number of anilines is 1. The number of benzene rings is 2. The number of carbonyl (C=O) groups is 2. The van der Waals surface area contributed by atoms with E-state index in [1.165, 1.54) is 0 Å². The SMILES string of the molecule is CC1C(c2ccccc2)CC(NC(=O)c2ccc3c(c2)CC2(C3)C(=O)Nc3ncccc32)C(O)N1CC(F)(F)F. The molecule has 5 atom stereocenters. The average molecular weight is 551 g/mol. The van der Waals surface area contributed by atoms with Crippen LogP contribution in [0.1, 0.15) is 51.9 Å². The lowest BCUT2D eigenvalue weighted by atomic mass is 9.79. The van der Waals surface area contributed by atoms with E-state index in [9.17, 15) is 27.9 Å². The molecule has 208 valence electrons. The van der Waals surface area contributed by atoms with Crippen LogP contribution in [-0.4, -0.2) is 57.8 Å². The number of fused-ring (bicyclic) bond motifs is 3. The van der Waals surface area contributed by atoms with Crippen LogP contribution in [0.15, 0.2) is 66.9 Å². The third-order valence-corrected chi connectivity index (χ3v) is 8.66. The molecule has 1 saturated heterocycles. The lowest BCUT2D eigenvalue weighted by Gasteiger charge is -2.47. The highest BCUT2D eigenvalue weighted by Crippen LogP contribution is 2.46. The summed E-state index contributed by atoms with van der Waals surface area (Å²) in [5.41, 5.74) is 3.04. The average Bonchev–Trinajstić information content (AvgIpc) is 3.44. The van der Waals surface area contributed by atoms with Gasteiger partial charge in [-0.1, -0.05) is 42.5 Å². The zero-order valence-corrected chi connectivity index (χ0v) is 21.8. The molecule has 0 radical (unpaired) electrons. The summed E-state index contributed by atoms with van der Waals surface area (Å²) in [6.45, 7) is 0.387. The number of aliphatic hydroxyl groups is 1. The topological polar surface area (TPSA) is 94.6 Å². The van der Waals surface area contributed by atoms with Gasteiger partial charge in [-0.2, -0.15) is 13.2 Å². The van der Waals surface area contributed by atoms with Crippen molar-refractivity contribution in [1.82, 2.24) is 15.2 Å². The number of aromatic nitrogens is 1. The molecule has 7 nitrogen and oxygen atoms in total. The van der Waals surface area contributed by atoms with Crippen molar-refractivity contribution in [2.45, 2.75) is 62.0 Å². The van der Waals surface area contributed by atoms with E-state index < -0.39 is 42.4 Å². The second kappa shape index (κ2) is 9.71. The number of nitrogens with one attached hydrogen (secondary N) is 2. The molecule has 3 aromatic rings. The lowest BCUT2D eigenvalue weighted by molar-refractivity contribution is -0.187. The van der Waals surface area contributed by atoms with Crippen molar-refractivity contribution in [3.8, 4) is 0 Å². The number of amides is 2. The molecule has 1 aliphatic carbocycles. The van der Waals surface area contributed by atoms with E-state index in [2.05, 4.69) is 15.6 Å². The molecule has 10 heteroatoms. The molecule has 40 heavy (non-hydrogen) atoms. The fourth-order valence-electron chi connectivity index (χ4n) is 6.65. The van der Waals surface area contributed by atoms with Crippen LogP contribution < -0.4 is 10.6 Å². The number of carbonyl (C=O) groups excluding carboxylic acids is 2. The fraction of sp³-hybridized carbons (Fsp3) is 0.367. The van der Waals surface area contributed by atoms with E-state index in [0.29, 0.717) is 24.2 Å². The van der Waals surface area contributed by atoms with Crippen LogP contribution in [0.25, 0.3) is 0 Å². The highest BCUT2D eigenvalue weighted by Gasteiger charge is 2.51. The summed E-state index contributed by atoms with van der Waals surface area (Å²) >= 11 is 0. The molecule has 1 spiro atoms. The van der Waals surface area contributed by atoms with Crippen molar-refractivity contribution in [2.75, 3.05) is 11.9 Å². The Morgan fingerprint density at radius 2 is 1.88 bits per heavy atom. The first kappa shape index (κ1) is 26.5. The Kier molecular flexibility index (Phi) is 6.42. The van der Waals surface area contributed by atoms with Gasteiger partial charge in [0.15, 0.2) is 0 Å². The number of alkyl halides is 3. The molecule has 6 rings (SSSR count). The van der Waals surface area contributed by atoms with Crippen LogP contribution in [-0.2, 0) is 23.1 Å². The number of hydrogen-bond acceptors (Lipinski definition) is 5. The number of aliphatic hydroxyl groups excluding tert-OH is 1. The number of nitrogens with zero attached hydrogens (tertiary/aromatic N) is 2. The molecule has 1 fully saturated rings. The van der Waals surface area contributed by atoms with Gasteiger partial charge in [0, 0.05) is 29.3 Å². The Labute approximate surface area is 229 Å². The van der Waals surface area contributed by atoms with Gasteiger partial charge < -0.3 is 15.7 Å². The first-order chi connectivity index (χ1) is 19.1. The highest BCUT2D eigenvalue weighted by molar-refractivity contribution is 6.06. The van der Waals surface area contributed by atoms with Crippen LogP contribution in [0.5, 0.6) is 0 Å². The molecule has 3 aliphatic rings. The number of hydrogen-bond donors (Lipinski definition) is 3. The summed E-state index contributed by atoms with van der Waals surface area (Å²) in [7, 11) is 0. The molecule has 2 amide bonds. The number of pyridine rings is 1. The molecule has 3 N–H and O–H groups in total. The van der Waals surface area contributed by atoms with Crippen LogP contribution in [0.2, 0.25) is 0 Å². The summed E-state index contributed by atoms with van der Waals surface area (Å²) in [5, 5.41) is 16.7. The molecule has 1 aromatic heterocycles. The second-order valence-electron chi connectivity index (χ2n) is 11.0. The third-order valence-electron chi connectivity index (χ3n) is 8.66. The standard InChI is InChI=1S/C30H29F3N4O3/c1-17-22(18-6-3-2-4-7-18)13-24(27(39)37(17)16-30(31,32)33)35-26(38)19-9-10-20-14-29(15-21(20)12-19)23-8-5-11-34-25(23)36-28(29)40/h2-12,17,22,24,27,39H,13-16H2,1H3,(H,35,38)(H,34,36,40). The maximum Gasteiger partial charge on any atom is 0.401 e. The highest BCUT2D eigenvalue weighted by atomic mass is 19.4. The molecule has 5 unspecified atom stereocenters. The second-order valence-corrected chi connectivity index (χ2v) is 11.0. The number of halogens is 3. The van der Waals surface area contributed by atoms with Crippen LogP contribution in [0.3, 0.4) is 0 Å². The largest absolute Gasteiger partial charge is 0.401 e. The maximum atomic E-state index is 13.5. The zero-order valence-electron chi connectivity index (χ0n) is 21.8. The minimum absolute atomic E-state index is 0.125. The van der Waals surface area contributed by atoms with Crippen molar-refractivity contribution < 1.29 is 27.9 Å². The molecule has 0 saturated carbocycles. The maximum absolute atomic E-state index is 13.5. The predicted molar refractivity (Wildman–Crippen MR) is 142 cm³/mol. The first-order valence-corrected chi connectivity index (χ1v) is 13.3. The third kappa shape index (κ3) is 4.54. The van der Waals surface area contributed by atoms with Gasteiger partial charge in [-0.3, -0.25) is 14.5 Å². The van der Waals surface area contributed by atoms with E-state index >= 15 is 0 Å². The van der Waals surface area contributed by atoms with Crippen LogP contribution in [0.4, 0.5) is 19.0 Å². The Balaban J connectivity index is 1.24. The first-order valence-electron chi connectivity index (χ1n) is 13.3. The summed E-state index contributed by atoms with van der Waals surface area (Å²) < 4.78 is 40.4. The van der Waals surface area contributed by atoms with Crippen molar-refractivity contribution in [1.29, 1.82) is 0 Å². The van der Waals surface area contributed by atoms with Crippen molar-refractivity contribution in [2.24, 2.45) is 0 Å². The molecular weight excluding hydrogens is 521 g/mol. The smallest absolute Gasteiger partial charge is 0.376 e. The van der Waals surface area contributed by atoms with Gasteiger partial charge in [-0.15, -0.1) is 0 Å². The fourth-order valence-corrected chi connectivity index (χ4v) is 6.65. The van der Waals surface area contributed by atoms with E-state index in [0.717, 1.165) is 27.2 Å². The Morgan fingerprint density at radius 3 is 2.62 bits per heavy atom. The summed E-state index contributed by atoms with van der Waals surface area (Å²) in [6.07, 6.45) is -3.22. The van der Waals surface area contributed by atoms with Gasteiger partial charge >= 0.3 is 6.18 Å². The number of likely N-dealkylation sites (tertiary alicyclic amines) is 1. The summed E-state index contributed by atoms with van der Waals surface area (Å²) in [6, 6.07) is 16.6. The normalized spacial score (nSPS) is 27.8. The summed E-state index contributed by atoms with van der Waals surface area (Å²) in [4.78, 5) is 31.7. The van der Waals surface area contributed by atoms with E-state index in [-0.39, 0.29) is 18.2 Å². The van der Waals surface area contributed by atoms with Gasteiger partial charge in [0.1, 0.15) is 12.0 Å². The van der Waals surface area contributed by atoms with Crippen molar-refractivity contribution in [3.63, 3.8) is 0 Å². The van der Waals surface area contributed by atoms with Gasteiger partial charge in [0.05, 0.1) is 18.0 Å². The Morgan fingerprint density at radius 1 is 1.12 bits per heavy atom. The molecule has 0 bridgehead atoms. The van der Waals surface area contributed by atoms with Gasteiger partial charge in [0.25, 0.3) is 5.91 Å². The number of rotatable bonds is 4. The van der Waals surface area contributed by atoms with Crippen molar-refractivity contribution in [3.05, 3.63) is 94.7 Å². The number of piperidine rings is 1. The monoisotopic (exact) mass is 550 g/mol. The Hall–Kier alpha value is -3.76. The van der Waals surface area contributed by atoms with Crippen LogP contribution in [0, 0.1) is 0 Å². The predicted octanol–water partition coefficient (Wildman–Crippen LogP) is 3.93. The molecule has 3 heterocycles. The Bertz CT molecular complexity index is 1460.